The standard InChI is InChI=1S/C24H25ClN6O2/c1-33-22-10-19(21(25)11-20(22)24(27)32)15-31(8-6-28-7-9-31)23-13-29-16-30(23)14-18-4-2-17(12-26)3-5-18/h2-5,10-11,13,16,28H,6-9,14-15H2,1H3,(H-,27,32)/p+1. The second-order valence-corrected chi connectivity index (χ2v) is 8.60. The molecule has 170 valence electrons. The third-order valence-electron chi connectivity index (χ3n) is 6.15. The monoisotopic (exact) mass is 465 g/mol. The van der Waals surface area contributed by atoms with Gasteiger partial charge in [-0.1, -0.05) is 23.7 Å². The second-order valence-electron chi connectivity index (χ2n) is 8.20. The average molecular weight is 466 g/mol. The minimum Gasteiger partial charge on any atom is -0.496 e. The molecule has 33 heavy (non-hydrogen) atoms. The number of imidazole rings is 1. The number of nitrogens with two attached hydrogens (primary N) is 1. The van der Waals surface area contributed by atoms with Crippen molar-refractivity contribution in [3.8, 4) is 11.8 Å². The van der Waals surface area contributed by atoms with Crippen molar-refractivity contribution in [3.63, 3.8) is 0 Å². The van der Waals surface area contributed by atoms with E-state index < -0.39 is 5.91 Å². The first-order valence-corrected chi connectivity index (χ1v) is 11.1. The third kappa shape index (κ3) is 4.71. The number of carbonyl (C=O) groups excluding carboxylic acids is 1. The molecule has 1 fully saturated rings. The van der Waals surface area contributed by atoms with Crippen LogP contribution in [-0.4, -0.2) is 48.7 Å². The van der Waals surface area contributed by atoms with Crippen molar-refractivity contribution in [3.05, 3.63) is 76.2 Å². The number of ether oxygens (including phenoxy) is 1. The van der Waals surface area contributed by atoms with E-state index >= 15 is 0 Å². The minimum absolute atomic E-state index is 0.268. The Labute approximate surface area is 197 Å². The Hall–Kier alpha value is -3.38. The predicted octanol–water partition coefficient (Wildman–Crippen LogP) is 2.67. The molecule has 9 heteroatoms. The van der Waals surface area contributed by atoms with Crippen LogP contribution in [0.5, 0.6) is 5.75 Å². The van der Waals surface area contributed by atoms with Crippen molar-refractivity contribution < 1.29 is 9.53 Å². The Balaban J connectivity index is 1.70. The molecule has 2 aromatic carbocycles. The van der Waals surface area contributed by atoms with E-state index in [1.54, 1.807) is 6.07 Å². The van der Waals surface area contributed by atoms with Crippen LogP contribution in [0.25, 0.3) is 0 Å². The number of halogens is 1. The van der Waals surface area contributed by atoms with Crippen LogP contribution in [0.3, 0.4) is 0 Å². The van der Waals surface area contributed by atoms with E-state index in [9.17, 15) is 4.79 Å². The number of nitriles is 1. The maximum absolute atomic E-state index is 11.8. The van der Waals surface area contributed by atoms with Crippen molar-refractivity contribution in [1.82, 2.24) is 19.4 Å². The number of rotatable bonds is 7. The zero-order chi connectivity index (χ0) is 23.4. The third-order valence-corrected chi connectivity index (χ3v) is 6.50. The molecule has 0 atom stereocenters. The molecular weight excluding hydrogens is 440 g/mol. The van der Waals surface area contributed by atoms with Gasteiger partial charge in [0.2, 0.25) is 5.82 Å². The molecule has 0 unspecified atom stereocenters. The van der Waals surface area contributed by atoms with Gasteiger partial charge in [-0.2, -0.15) is 5.26 Å². The lowest BCUT2D eigenvalue weighted by Crippen LogP contribution is -2.60. The van der Waals surface area contributed by atoms with Crippen LogP contribution in [0.4, 0.5) is 5.82 Å². The molecule has 4 rings (SSSR count). The number of benzene rings is 2. The lowest BCUT2D eigenvalue weighted by atomic mass is 10.1. The number of amides is 1. The van der Waals surface area contributed by atoms with Crippen molar-refractivity contribution >= 4 is 23.3 Å². The van der Waals surface area contributed by atoms with Gasteiger partial charge in [0.1, 0.15) is 18.5 Å². The van der Waals surface area contributed by atoms with Gasteiger partial charge >= 0.3 is 0 Å². The van der Waals surface area contributed by atoms with Crippen molar-refractivity contribution in [2.75, 3.05) is 33.3 Å². The fourth-order valence-electron chi connectivity index (χ4n) is 4.41. The van der Waals surface area contributed by atoms with Crippen LogP contribution < -0.4 is 20.3 Å². The van der Waals surface area contributed by atoms with E-state index in [0.717, 1.165) is 43.1 Å². The van der Waals surface area contributed by atoms with Gasteiger partial charge in [-0.15, -0.1) is 0 Å². The molecule has 1 aromatic heterocycles. The quantitative estimate of drug-likeness (QED) is 0.522. The number of hydrogen-bond acceptors (Lipinski definition) is 5. The van der Waals surface area contributed by atoms with Crippen LogP contribution in [0, 0.1) is 11.3 Å². The number of piperazine rings is 1. The molecule has 3 N–H and O–H groups in total. The molecule has 0 aliphatic carbocycles. The van der Waals surface area contributed by atoms with E-state index in [0.29, 0.717) is 33.9 Å². The molecule has 1 aliphatic heterocycles. The first-order valence-electron chi connectivity index (χ1n) is 10.7. The van der Waals surface area contributed by atoms with Gasteiger partial charge in [-0.25, -0.2) is 4.98 Å². The first kappa shape index (κ1) is 22.8. The molecule has 1 aliphatic rings. The summed E-state index contributed by atoms with van der Waals surface area (Å²) in [7, 11) is 1.52. The highest BCUT2D eigenvalue weighted by Crippen LogP contribution is 2.33. The van der Waals surface area contributed by atoms with Gasteiger partial charge in [0.15, 0.2) is 0 Å². The van der Waals surface area contributed by atoms with E-state index in [4.69, 9.17) is 27.3 Å². The summed E-state index contributed by atoms with van der Waals surface area (Å²) >= 11 is 6.61. The molecule has 1 amide bonds. The van der Waals surface area contributed by atoms with Crippen LogP contribution >= 0.6 is 11.6 Å². The molecule has 1 saturated heterocycles. The molecule has 8 nitrogen and oxygen atoms in total. The highest BCUT2D eigenvalue weighted by atomic mass is 35.5. The van der Waals surface area contributed by atoms with Gasteiger partial charge in [0.05, 0.1) is 55.3 Å². The van der Waals surface area contributed by atoms with Gasteiger partial charge in [0, 0.05) is 18.7 Å². The maximum atomic E-state index is 11.8. The fourth-order valence-corrected chi connectivity index (χ4v) is 4.63. The summed E-state index contributed by atoms with van der Waals surface area (Å²) in [6.07, 6.45) is 3.76. The smallest absolute Gasteiger partial charge is 0.252 e. The summed E-state index contributed by atoms with van der Waals surface area (Å²) in [5, 5.41) is 13.0. The summed E-state index contributed by atoms with van der Waals surface area (Å²) in [6.45, 7) is 4.69. The number of methoxy groups -OCH3 is 1. The molecule has 0 spiro atoms. The Morgan fingerprint density at radius 3 is 2.67 bits per heavy atom. The van der Waals surface area contributed by atoms with Crippen molar-refractivity contribution in [2.24, 2.45) is 5.73 Å². The Kier molecular flexibility index (Phi) is 6.65. The first-order chi connectivity index (χ1) is 16.0. The van der Waals surface area contributed by atoms with Gasteiger partial charge in [-0.05, 0) is 29.8 Å². The number of aromatic nitrogens is 2. The number of quaternary nitrogens is 1. The highest BCUT2D eigenvalue weighted by Gasteiger charge is 2.37. The maximum Gasteiger partial charge on any atom is 0.252 e. The lowest BCUT2D eigenvalue weighted by molar-refractivity contribution is 0.0997. The Bertz CT molecular complexity index is 1190. The van der Waals surface area contributed by atoms with Gasteiger partial charge in [-0.3, -0.25) is 13.8 Å². The fraction of sp³-hybridized carbons (Fsp3) is 0.292. The summed E-state index contributed by atoms with van der Waals surface area (Å²) < 4.78 is 8.22. The largest absolute Gasteiger partial charge is 0.496 e. The average Bonchev–Trinajstić information content (AvgIpc) is 3.30. The van der Waals surface area contributed by atoms with E-state index in [-0.39, 0.29) is 5.56 Å². The van der Waals surface area contributed by atoms with E-state index in [1.165, 1.54) is 7.11 Å². The van der Waals surface area contributed by atoms with E-state index in [1.807, 2.05) is 42.9 Å². The molecular formula is C24H26ClN6O2+. The lowest BCUT2D eigenvalue weighted by Gasteiger charge is -2.41. The zero-order valence-electron chi connectivity index (χ0n) is 18.4. The number of carbonyl (C=O) groups is 1. The second kappa shape index (κ2) is 9.63. The number of nitrogens with zero attached hydrogens (tertiary/aromatic N) is 4. The summed E-state index contributed by atoms with van der Waals surface area (Å²) in [6, 6.07) is 13.1. The van der Waals surface area contributed by atoms with Gasteiger partial charge < -0.3 is 15.8 Å². The van der Waals surface area contributed by atoms with E-state index in [2.05, 4.69) is 20.9 Å². The van der Waals surface area contributed by atoms with Crippen LogP contribution in [-0.2, 0) is 13.1 Å². The number of hydrogen-bond donors (Lipinski definition) is 2. The van der Waals surface area contributed by atoms with Crippen LogP contribution in [0.2, 0.25) is 5.02 Å². The Morgan fingerprint density at radius 1 is 1.30 bits per heavy atom. The van der Waals surface area contributed by atoms with Crippen molar-refractivity contribution in [2.45, 2.75) is 13.1 Å². The number of primary amides is 1. The molecule has 2 heterocycles. The topological polar surface area (TPSA) is 106 Å². The summed E-state index contributed by atoms with van der Waals surface area (Å²) in [4.78, 5) is 16.2. The molecule has 0 radical (unpaired) electrons. The zero-order valence-corrected chi connectivity index (χ0v) is 19.2. The number of nitrogens with one attached hydrogen (secondary N) is 1. The predicted molar refractivity (Wildman–Crippen MR) is 127 cm³/mol. The highest BCUT2D eigenvalue weighted by molar-refractivity contribution is 6.31. The molecule has 0 saturated carbocycles. The molecule has 0 bridgehead atoms. The van der Waals surface area contributed by atoms with Gasteiger partial charge in [0.25, 0.3) is 5.91 Å². The van der Waals surface area contributed by atoms with Crippen LogP contribution in [0.1, 0.15) is 27.0 Å². The minimum atomic E-state index is -0.577. The summed E-state index contributed by atoms with van der Waals surface area (Å²) in [5.74, 6) is 0.919. The van der Waals surface area contributed by atoms with Crippen molar-refractivity contribution in [1.29, 1.82) is 5.26 Å². The SMILES string of the molecule is COc1cc(C[N+]2(c3cncn3Cc3ccc(C#N)cc3)CCNCC2)c(Cl)cc1C(N)=O. The normalized spacial score (nSPS) is 15.1. The molecule has 3 aromatic rings. The Morgan fingerprint density at radius 2 is 2.03 bits per heavy atom. The van der Waals surface area contributed by atoms with Crippen LogP contribution in [0.15, 0.2) is 48.9 Å². The summed E-state index contributed by atoms with van der Waals surface area (Å²) in [5.41, 5.74) is 8.36.